The predicted molar refractivity (Wildman–Crippen MR) is 87.6 cm³/mol. The number of rotatable bonds is 3. The molecule has 0 spiro atoms. The van der Waals surface area contributed by atoms with Crippen LogP contribution in [0.25, 0.3) is 0 Å². The predicted octanol–water partition coefficient (Wildman–Crippen LogP) is 4.53. The average Bonchev–Trinajstić information content (AvgIpc) is 2.40. The quantitative estimate of drug-likeness (QED) is 0.610. The van der Waals surface area contributed by atoms with Gasteiger partial charge in [0.05, 0.1) is 15.7 Å². The van der Waals surface area contributed by atoms with Gasteiger partial charge in [0.25, 0.3) is 0 Å². The maximum Gasteiger partial charge on any atom is 0.131 e. The summed E-state index contributed by atoms with van der Waals surface area (Å²) in [5.74, 6) is 0.589. The molecule has 0 aliphatic carbocycles. The molecule has 1 aromatic heterocycles. The Labute approximate surface area is 134 Å². The van der Waals surface area contributed by atoms with Gasteiger partial charge in [-0.3, -0.25) is 0 Å². The molecule has 0 aliphatic heterocycles. The average molecular weight is 377 g/mol. The molecule has 0 saturated heterocycles. The minimum Gasteiger partial charge on any atom is -0.389 e. The lowest BCUT2D eigenvalue weighted by Crippen LogP contribution is -2.09. The van der Waals surface area contributed by atoms with Gasteiger partial charge in [0.15, 0.2) is 0 Å². The number of thiocarbonyl (C=S) groups is 1. The molecule has 0 fully saturated rings. The van der Waals surface area contributed by atoms with Crippen molar-refractivity contribution < 1.29 is 0 Å². The van der Waals surface area contributed by atoms with Crippen molar-refractivity contribution in [2.45, 2.75) is 0 Å². The van der Waals surface area contributed by atoms with Gasteiger partial charge in [-0.15, -0.1) is 0 Å². The monoisotopic (exact) mass is 375 g/mol. The van der Waals surface area contributed by atoms with E-state index in [1.165, 1.54) is 0 Å². The molecular weight excluding hydrogens is 369 g/mol. The molecule has 0 radical (unpaired) electrons. The molecule has 3 nitrogen and oxygen atoms in total. The lowest BCUT2D eigenvalue weighted by atomic mass is 10.2. The van der Waals surface area contributed by atoms with Crippen molar-refractivity contribution in [2.24, 2.45) is 5.73 Å². The largest absolute Gasteiger partial charge is 0.389 e. The zero-order valence-electron chi connectivity index (χ0n) is 9.45. The van der Waals surface area contributed by atoms with Gasteiger partial charge in [0, 0.05) is 16.2 Å². The maximum atomic E-state index is 6.15. The van der Waals surface area contributed by atoms with Gasteiger partial charge < -0.3 is 11.1 Å². The first kappa shape index (κ1) is 14.5. The van der Waals surface area contributed by atoms with E-state index >= 15 is 0 Å². The Bertz CT molecular complexity index is 649. The van der Waals surface area contributed by atoms with Gasteiger partial charge in [-0.25, -0.2) is 4.98 Å². The van der Waals surface area contributed by atoms with E-state index in [-0.39, 0.29) is 0 Å². The Balaban J connectivity index is 2.34. The van der Waals surface area contributed by atoms with Gasteiger partial charge in [-0.05, 0) is 40.2 Å². The van der Waals surface area contributed by atoms with E-state index < -0.39 is 0 Å². The Morgan fingerprint density at radius 1 is 1.26 bits per heavy atom. The summed E-state index contributed by atoms with van der Waals surface area (Å²) in [5, 5.41) is 3.93. The third-order valence-corrected chi connectivity index (χ3v) is 4.35. The molecule has 0 saturated carbocycles. The molecule has 7 heteroatoms. The summed E-state index contributed by atoms with van der Waals surface area (Å²) in [6.07, 6.45) is 1.62. The maximum absolute atomic E-state index is 6.15. The number of nitrogens with two attached hydrogens (primary N) is 1. The lowest BCUT2D eigenvalue weighted by molar-refractivity contribution is 1.30. The zero-order chi connectivity index (χ0) is 14.0. The number of nitrogens with one attached hydrogen (secondary N) is 1. The van der Waals surface area contributed by atoms with E-state index in [0.29, 0.717) is 26.5 Å². The molecule has 0 unspecified atom stereocenters. The van der Waals surface area contributed by atoms with E-state index in [1.807, 2.05) is 0 Å². The first-order valence-electron chi connectivity index (χ1n) is 5.15. The summed E-state index contributed by atoms with van der Waals surface area (Å²) in [5.41, 5.74) is 6.96. The highest BCUT2D eigenvalue weighted by atomic mass is 79.9. The highest BCUT2D eigenvalue weighted by Crippen LogP contribution is 2.36. The van der Waals surface area contributed by atoms with Gasteiger partial charge in [-0.2, -0.15) is 0 Å². The first-order chi connectivity index (χ1) is 8.99. The van der Waals surface area contributed by atoms with Crippen LogP contribution >= 0.6 is 51.3 Å². The van der Waals surface area contributed by atoms with Gasteiger partial charge >= 0.3 is 0 Å². The smallest absolute Gasteiger partial charge is 0.131 e. The highest BCUT2D eigenvalue weighted by Gasteiger charge is 2.09. The number of hydrogen-bond donors (Lipinski definition) is 2. The van der Waals surface area contributed by atoms with Gasteiger partial charge in [-0.1, -0.05) is 35.4 Å². The fourth-order valence-electron chi connectivity index (χ4n) is 1.41. The number of nitrogens with zero attached hydrogens (tertiary/aromatic N) is 1. The van der Waals surface area contributed by atoms with Crippen LogP contribution in [-0.4, -0.2) is 9.97 Å². The SMILES string of the molecule is NC(=S)c1ccnc(Nc2ccc(Br)c(Cl)c2Cl)c1. The molecule has 0 aliphatic rings. The van der Waals surface area contributed by atoms with Crippen LogP contribution in [0.4, 0.5) is 11.5 Å². The molecular formula is C12H8BrCl2N3S. The summed E-state index contributed by atoms with van der Waals surface area (Å²) in [7, 11) is 0. The minimum atomic E-state index is 0.311. The normalized spacial score (nSPS) is 10.3. The fraction of sp³-hybridized carbons (Fsp3) is 0. The number of anilines is 2. The Hall–Kier alpha value is -0.880. The van der Waals surface area contributed by atoms with Crippen molar-refractivity contribution in [2.75, 3.05) is 5.32 Å². The second kappa shape index (κ2) is 6.05. The zero-order valence-corrected chi connectivity index (χ0v) is 13.4. The van der Waals surface area contributed by atoms with E-state index in [9.17, 15) is 0 Å². The molecule has 0 bridgehead atoms. The van der Waals surface area contributed by atoms with E-state index in [0.717, 1.165) is 10.0 Å². The Kier molecular flexibility index (Phi) is 4.62. The first-order valence-corrected chi connectivity index (χ1v) is 7.11. The van der Waals surface area contributed by atoms with Crippen LogP contribution in [0.2, 0.25) is 10.0 Å². The van der Waals surface area contributed by atoms with Crippen LogP contribution in [0.5, 0.6) is 0 Å². The second-order valence-electron chi connectivity index (χ2n) is 3.64. The van der Waals surface area contributed by atoms with Crippen LogP contribution in [0.15, 0.2) is 34.9 Å². The Morgan fingerprint density at radius 2 is 2.00 bits per heavy atom. The van der Waals surface area contributed by atoms with Crippen LogP contribution in [0, 0.1) is 0 Å². The number of pyridine rings is 1. The molecule has 2 rings (SSSR count). The molecule has 1 heterocycles. The van der Waals surface area contributed by atoms with E-state index in [1.54, 1.807) is 30.5 Å². The summed E-state index contributed by atoms with van der Waals surface area (Å²) < 4.78 is 0.731. The summed E-state index contributed by atoms with van der Waals surface area (Å²) in [6, 6.07) is 7.08. The number of benzene rings is 1. The van der Waals surface area contributed by atoms with Crippen LogP contribution in [0.3, 0.4) is 0 Å². The minimum absolute atomic E-state index is 0.311. The number of aromatic nitrogens is 1. The molecule has 19 heavy (non-hydrogen) atoms. The highest BCUT2D eigenvalue weighted by molar-refractivity contribution is 9.10. The van der Waals surface area contributed by atoms with Crippen molar-refractivity contribution >= 4 is 67.8 Å². The standard InChI is InChI=1S/C12H8BrCl2N3S/c13-7-1-2-8(11(15)10(7)14)18-9-5-6(12(16)19)3-4-17-9/h1-5H,(H2,16,19)(H,17,18). The molecule has 98 valence electrons. The molecule has 3 N–H and O–H groups in total. The third kappa shape index (κ3) is 3.36. The molecule has 1 aromatic carbocycles. The summed E-state index contributed by atoms with van der Waals surface area (Å²) >= 11 is 20.4. The summed E-state index contributed by atoms with van der Waals surface area (Å²) in [6.45, 7) is 0. The molecule has 2 aromatic rings. The lowest BCUT2D eigenvalue weighted by Gasteiger charge is -2.10. The van der Waals surface area contributed by atoms with Crippen LogP contribution in [0.1, 0.15) is 5.56 Å². The van der Waals surface area contributed by atoms with Gasteiger partial charge in [0.1, 0.15) is 10.8 Å². The van der Waals surface area contributed by atoms with Crippen molar-refractivity contribution in [3.63, 3.8) is 0 Å². The Morgan fingerprint density at radius 3 is 2.68 bits per heavy atom. The van der Waals surface area contributed by atoms with Gasteiger partial charge in [0.2, 0.25) is 0 Å². The molecule has 0 atom stereocenters. The van der Waals surface area contributed by atoms with E-state index in [2.05, 4.69) is 26.2 Å². The van der Waals surface area contributed by atoms with Crippen molar-refractivity contribution in [3.8, 4) is 0 Å². The fourth-order valence-corrected chi connectivity index (χ4v) is 2.36. The van der Waals surface area contributed by atoms with Crippen molar-refractivity contribution in [3.05, 3.63) is 50.5 Å². The molecule has 0 amide bonds. The third-order valence-electron chi connectivity index (χ3n) is 2.34. The number of hydrogen-bond acceptors (Lipinski definition) is 3. The van der Waals surface area contributed by atoms with Crippen LogP contribution in [-0.2, 0) is 0 Å². The van der Waals surface area contributed by atoms with Crippen molar-refractivity contribution in [1.29, 1.82) is 0 Å². The second-order valence-corrected chi connectivity index (χ2v) is 5.69. The summed E-state index contributed by atoms with van der Waals surface area (Å²) in [4.78, 5) is 4.48. The topological polar surface area (TPSA) is 50.9 Å². The van der Waals surface area contributed by atoms with E-state index in [4.69, 9.17) is 41.2 Å². The van der Waals surface area contributed by atoms with Crippen molar-refractivity contribution in [1.82, 2.24) is 4.98 Å². The van der Waals surface area contributed by atoms with Crippen LogP contribution < -0.4 is 11.1 Å². The number of halogens is 3.